The van der Waals surface area contributed by atoms with E-state index in [1.54, 1.807) is 13.2 Å². The number of hydrogen-bond donors (Lipinski definition) is 2. The summed E-state index contributed by atoms with van der Waals surface area (Å²) < 4.78 is 36.4. The molecule has 0 aliphatic carbocycles. The highest BCUT2D eigenvalue weighted by Gasteiger charge is 2.17. The fraction of sp³-hybridized carbons (Fsp3) is 0.545. The zero-order chi connectivity index (χ0) is 14.1. The van der Waals surface area contributed by atoms with E-state index in [-0.39, 0.29) is 24.6 Å². The van der Waals surface area contributed by atoms with Crippen molar-refractivity contribution in [3.05, 3.63) is 24.0 Å². The third-order valence-electron chi connectivity index (χ3n) is 2.30. The van der Waals surface area contributed by atoms with Crippen molar-refractivity contribution in [2.75, 3.05) is 33.5 Å². The van der Waals surface area contributed by atoms with Crippen molar-refractivity contribution in [3.63, 3.8) is 0 Å². The van der Waals surface area contributed by atoms with Crippen molar-refractivity contribution >= 4 is 10.0 Å². The van der Waals surface area contributed by atoms with Crippen LogP contribution in [0.4, 0.5) is 0 Å². The van der Waals surface area contributed by atoms with E-state index >= 15 is 0 Å². The van der Waals surface area contributed by atoms with E-state index in [0.29, 0.717) is 18.9 Å². The molecule has 8 heteroatoms. The van der Waals surface area contributed by atoms with E-state index in [2.05, 4.69) is 9.71 Å². The van der Waals surface area contributed by atoms with Crippen molar-refractivity contribution in [3.8, 4) is 0 Å². The van der Waals surface area contributed by atoms with Gasteiger partial charge in [0.25, 0.3) is 0 Å². The van der Waals surface area contributed by atoms with Gasteiger partial charge in [0, 0.05) is 26.4 Å². The highest BCUT2D eigenvalue weighted by molar-refractivity contribution is 7.89. The molecule has 0 bridgehead atoms. The number of aromatic nitrogens is 1. The number of sulfonamides is 1. The standard InChI is InChI=1S/C11H19N3O4S/c1-17-7-8-18-6-5-14-19(15,16)11-3-2-4-13-10(11)9-12/h2-4,14H,5-9,12H2,1H3. The first-order valence-corrected chi connectivity index (χ1v) is 7.30. The Morgan fingerprint density at radius 3 is 2.84 bits per heavy atom. The molecule has 1 aromatic rings. The van der Waals surface area contributed by atoms with Crippen LogP contribution in [0.3, 0.4) is 0 Å². The van der Waals surface area contributed by atoms with Crippen molar-refractivity contribution in [1.29, 1.82) is 0 Å². The van der Waals surface area contributed by atoms with Crippen LogP contribution in [0.15, 0.2) is 23.2 Å². The summed E-state index contributed by atoms with van der Waals surface area (Å²) in [6, 6.07) is 3.03. The quantitative estimate of drug-likeness (QED) is 0.593. The predicted octanol–water partition coefficient (Wildman–Crippen LogP) is -0.518. The number of ether oxygens (including phenoxy) is 2. The fourth-order valence-electron chi connectivity index (χ4n) is 1.39. The van der Waals surface area contributed by atoms with E-state index in [1.807, 2.05) is 0 Å². The maximum Gasteiger partial charge on any atom is 0.242 e. The Balaban J connectivity index is 2.52. The number of methoxy groups -OCH3 is 1. The lowest BCUT2D eigenvalue weighted by Gasteiger charge is -2.09. The summed E-state index contributed by atoms with van der Waals surface area (Å²) in [5, 5.41) is 0. The molecule has 0 aliphatic rings. The van der Waals surface area contributed by atoms with Crippen LogP contribution in [0.5, 0.6) is 0 Å². The van der Waals surface area contributed by atoms with Crippen LogP contribution >= 0.6 is 0 Å². The SMILES string of the molecule is COCCOCCNS(=O)(=O)c1cccnc1CN. The largest absolute Gasteiger partial charge is 0.382 e. The minimum atomic E-state index is -3.60. The first-order valence-electron chi connectivity index (χ1n) is 5.82. The fourth-order valence-corrected chi connectivity index (χ4v) is 2.60. The van der Waals surface area contributed by atoms with Crippen LogP contribution in [0.1, 0.15) is 5.69 Å². The zero-order valence-electron chi connectivity index (χ0n) is 10.8. The van der Waals surface area contributed by atoms with Crippen LogP contribution in [0.2, 0.25) is 0 Å². The summed E-state index contributed by atoms with van der Waals surface area (Å²) in [4.78, 5) is 4.05. The zero-order valence-corrected chi connectivity index (χ0v) is 11.6. The van der Waals surface area contributed by atoms with Gasteiger partial charge in [-0.25, -0.2) is 13.1 Å². The minimum Gasteiger partial charge on any atom is -0.382 e. The number of nitrogens with zero attached hydrogens (tertiary/aromatic N) is 1. The Bertz CT molecular complexity index is 479. The summed E-state index contributed by atoms with van der Waals surface area (Å²) in [6.07, 6.45) is 1.51. The van der Waals surface area contributed by atoms with E-state index < -0.39 is 10.0 Å². The van der Waals surface area contributed by atoms with Crippen LogP contribution in [0.25, 0.3) is 0 Å². The molecule has 0 aliphatic heterocycles. The number of nitrogens with two attached hydrogens (primary N) is 1. The Labute approximate surface area is 113 Å². The van der Waals surface area contributed by atoms with E-state index in [1.165, 1.54) is 12.3 Å². The van der Waals surface area contributed by atoms with Gasteiger partial charge in [-0.15, -0.1) is 0 Å². The molecule has 7 nitrogen and oxygen atoms in total. The van der Waals surface area contributed by atoms with Crippen LogP contribution in [-0.2, 0) is 26.0 Å². The Kier molecular flexibility index (Phi) is 6.89. The molecule has 0 atom stereocenters. The lowest BCUT2D eigenvalue weighted by molar-refractivity contribution is 0.0736. The molecule has 0 saturated carbocycles. The molecule has 0 fully saturated rings. The summed E-state index contributed by atoms with van der Waals surface area (Å²) >= 11 is 0. The van der Waals surface area contributed by atoms with Gasteiger partial charge in [0.05, 0.1) is 25.5 Å². The molecule has 1 aromatic heterocycles. The summed E-state index contributed by atoms with van der Waals surface area (Å²) in [5.41, 5.74) is 5.81. The van der Waals surface area contributed by atoms with Crippen molar-refractivity contribution in [2.24, 2.45) is 5.73 Å². The molecule has 3 N–H and O–H groups in total. The summed E-state index contributed by atoms with van der Waals surface area (Å²) in [6.45, 7) is 1.44. The molecule has 0 aromatic carbocycles. The second-order valence-corrected chi connectivity index (χ2v) is 5.39. The normalized spacial score (nSPS) is 11.7. The maximum atomic E-state index is 12.0. The average Bonchev–Trinajstić information content (AvgIpc) is 2.42. The van der Waals surface area contributed by atoms with Gasteiger partial charge in [-0.05, 0) is 12.1 Å². The van der Waals surface area contributed by atoms with E-state index in [0.717, 1.165) is 0 Å². The maximum absolute atomic E-state index is 12.0. The summed E-state index contributed by atoms with van der Waals surface area (Å²) in [5.74, 6) is 0. The molecule has 19 heavy (non-hydrogen) atoms. The molecule has 1 heterocycles. The highest BCUT2D eigenvalue weighted by atomic mass is 32.2. The first kappa shape index (κ1) is 16.0. The first-order chi connectivity index (χ1) is 9.11. The van der Waals surface area contributed by atoms with Crippen LogP contribution < -0.4 is 10.5 Å². The van der Waals surface area contributed by atoms with Gasteiger partial charge in [0.1, 0.15) is 4.90 Å². The second-order valence-electron chi connectivity index (χ2n) is 3.66. The number of hydrogen-bond acceptors (Lipinski definition) is 6. The number of pyridine rings is 1. The van der Waals surface area contributed by atoms with Crippen molar-refractivity contribution in [1.82, 2.24) is 9.71 Å². The molecule has 0 spiro atoms. The third-order valence-corrected chi connectivity index (χ3v) is 3.84. The van der Waals surface area contributed by atoms with Gasteiger partial charge in [-0.2, -0.15) is 0 Å². The van der Waals surface area contributed by atoms with E-state index in [4.69, 9.17) is 15.2 Å². The highest BCUT2D eigenvalue weighted by Crippen LogP contribution is 2.11. The number of rotatable bonds is 9. The molecule has 0 saturated heterocycles. The predicted molar refractivity (Wildman–Crippen MR) is 70.0 cm³/mol. The lowest BCUT2D eigenvalue weighted by Crippen LogP contribution is -2.29. The lowest BCUT2D eigenvalue weighted by atomic mass is 10.3. The second kappa shape index (κ2) is 8.18. The molecule has 1 rings (SSSR count). The van der Waals surface area contributed by atoms with Crippen LogP contribution in [0, 0.1) is 0 Å². The van der Waals surface area contributed by atoms with Gasteiger partial charge in [0.15, 0.2) is 0 Å². The Morgan fingerprint density at radius 1 is 1.37 bits per heavy atom. The molecular weight excluding hydrogens is 270 g/mol. The van der Waals surface area contributed by atoms with Gasteiger partial charge < -0.3 is 15.2 Å². The van der Waals surface area contributed by atoms with Crippen molar-refractivity contribution in [2.45, 2.75) is 11.4 Å². The Hall–Kier alpha value is -1.06. The topological polar surface area (TPSA) is 104 Å². The van der Waals surface area contributed by atoms with Crippen LogP contribution in [-0.4, -0.2) is 46.9 Å². The monoisotopic (exact) mass is 289 g/mol. The van der Waals surface area contributed by atoms with Gasteiger partial charge in [-0.3, -0.25) is 4.98 Å². The van der Waals surface area contributed by atoms with Gasteiger partial charge in [0.2, 0.25) is 10.0 Å². The van der Waals surface area contributed by atoms with Gasteiger partial charge in [-0.1, -0.05) is 0 Å². The molecule has 0 amide bonds. The smallest absolute Gasteiger partial charge is 0.242 e. The molecule has 0 radical (unpaired) electrons. The molecular formula is C11H19N3O4S. The van der Waals surface area contributed by atoms with E-state index in [9.17, 15) is 8.42 Å². The molecule has 108 valence electrons. The molecule has 0 unspecified atom stereocenters. The Morgan fingerprint density at radius 2 is 2.16 bits per heavy atom. The summed E-state index contributed by atoms with van der Waals surface area (Å²) in [7, 11) is -2.03. The van der Waals surface area contributed by atoms with Crippen molar-refractivity contribution < 1.29 is 17.9 Å². The number of nitrogens with one attached hydrogen (secondary N) is 1. The third kappa shape index (κ3) is 5.21. The average molecular weight is 289 g/mol. The minimum absolute atomic E-state index is 0.0709. The van der Waals surface area contributed by atoms with Gasteiger partial charge >= 0.3 is 0 Å².